The first-order chi connectivity index (χ1) is 16.6. The van der Waals surface area contributed by atoms with Crippen LogP contribution < -0.4 is 0 Å². The highest BCUT2D eigenvalue weighted by Crippen LogP contribution is 2.22. The molecule has 34 heavy (non-hydrogen) atoms. The van der Waals surface area contributed by atoms with Crippen LogP contribution in [0.25, 0.3) is 0 Å². The Balaban J connectivity index is 1.51. The molecule has 1 aliphatic heterocycles. The molecule has 7 heteroatoms. The van der Waals surface area contributed by atoms with E-state index in [0.29, 0.717) is 16.7 Å². The number of ether oxygens (including phenoxy) is 4. The van der Waals surface area contributed by atoms with Crippen LogP contribution in [0.2, 0.25) is 0 Å². The number of hydrogen-bond acceptors (Lipinski definition) is 7. The van der Waals surface area contributed by atoms with Crippen molar-refractivity contribution in [3.8, 4) is 0 Å². The van der Waals surface area contributed by atoms with Gasteiger partial charge in [-0.3, -0.25) is 0 Å². The normalized spacial score (nSPS) is 18.9. The minimum absolute atomic E-state index is 0.218. The van der Waals surface area contributed by atoms with Crippen molar-refractivity contribution in [2.75, 3.05) is 6.61 Å². The van der Waals surface area contributed by atoms with Gasteiger partial charge in [-0.05, 0) is 42.5 Å². The summed E-state index contributed by atoms with van der Waals surface area (Å²) in [6.45, 7) is -0.218. The van der Waals surface area contributed by atoms with Gasteiger partial charge in [0, 0.05) is 0 Å². The fraction of sp³-hybridized carbons (Fsp3) is 0.148. The summed E-state index contributed by atoms with van der Waals surface area (Å²) in [4.78, 5) is 37.8. The van der Waals surface area contributed by atoms with Crippen LogP contribution in [-0.2, 0) is 18.9 Å². The van der Waals surface area contributed by atoms with Crippen LogP contribution in [-0.4, -0.2) is 42.8 Å². The van der Waals surface area contributed by atoms with E-state index in [1.807, 2.05) is 0 Å². The molecule has 4 rings (SSSR count). The summed E-state index contributed by atoms with van der Waals surface area (Å²) in [7, 11) is 0. The van der Waals surface area contributed by atoms with Gasteiger partial charge in [0.15, 0.2) is 18.3 Å². The van der Waals surface area contributed by atoms with E-state index >= 15 is 0 Å². The maximum Gasteiger partial charge on any atom is 0.338 e. The second kappa shape index (κ2) is 11.0. The lowest BCUT2D eigenvalue weighted by molar-refractivity contribution is -0.0981. The third-order valence-corrected chi connectivity index (χ3v) is 5.11. The lowest BCUT2D eigenvalue weighted by Crippen LogP contribution is -2.48. The molecule has 3 atom stereocenters. The van der Waals surface area contributed by atoms with E-state index in [4.69, 9.17) is 18.9 Å². The Kier molecular flexibility index (Phi) is 7.35. The van der Waals surface area contributed by atoms with Gasteiger partial charge < -0.3 is 18.9 Å². The first-order valence-electron chi connectivity index (χ1n) is 10.7. The van der Waals surface area contributed by atoms with Crippen molar-refractivity contribution in [3.63, 3.8) is 0 Å². The molecule has 3 aromatic carbocycles. The van der Waals surface area contributed by atoms with Crippen LogP contribution in [0.15, 0.2) is 103 Å². The Morgan fingerprint density at radius 2 is 1.12 bits per heavy atom. The molecular weight excluding hydrogens is 436 g/mol. The summed E-state index contributed by atoms with van der Waals surface area (Å²) < 4.78 is 22.3. The molecule has 0 saturated carbocycles. The molecule has 0 bridgehead atoms. The van der Waals surface area contributed by atoms with Gasteiger partial charge >= 0.3 is 17.9 Å². The Labute approximate surface area is 196 Å². The monoisotopic (exact) mass is 458 g/mol. The first-order valence-corrected chi connectivity index (χ1v) is 10.7. The van der Waals surface area contributed by atoms with Crippen molar-refractivity contribution in [2.45, 2.75) is 18.3 Å². The standard InChI is InChI=1S/C27H22O7/c28-25(19-10-4-1-5-11-19)32-18-23-24(34-27(30)21-14-8-3-9-15-21)22(16-17-31-23)33-26(29)20-12-6-2-7-13-20/h1-17,22-24H,18H2/t22-,23?,24?/m1/s1. The van der Waals surface area contributed by atoms with Gasteiger partial charge in [-0.2, -0.15) is 0 Å². The van der Waals surface area contributed by atoms with Gasteiger partial charge in [-0.15, -0.1) is 0 Å². The van der Waals surface area contributed by atoms with E-state index < -0.39 is 36.2 Å². The van der Waals surface area contributed by atoms with Crippen molar-refractivity contribution in [3.05, 3.63) is 120 Å². The molecule has 172 valence electrons. The molecule has 0 N–H and O–H groups in total. The van der Waals surface area contributed by atoms with Crippen molar-refractivity contribution < 1.29 is 33.3 Å². The highest BCUT2D eigenvalue weighted by molar-refractivity contribution is 5.91. The molecule has 2 unspecified atom stereocenters. The SMILES string of the molecule is O=C(OCC1OC=C[C@@H](OC(=O)c2ccccc2)C1OC(=O)c1ccccc1)c1ccccc1. The summed E-state index contributed by atoms with van der Waals surface area (Å²) in [6, 6.07) is 25.4. The molecule has 0 spiro atoms. The summed E-state index contributed by atoms with van der Waals surface area (Å²) in [5.74, 6) is -1.76. The van der Waals surface area contributed by atoms with Crippen LogP contribution in [0.1, 0.15) is 31.1 Å². The predicted molar refractivity (Wildman–Crippen MR) is 122 cm³/mol. The minimum Gasteiger partial charge on any atom is -0.491 e. The maximum atomic E-state index is 12.8. The minimum atomic E-state index is -1.05. The van der Waals surface area contributed by atoms with Gasteiger partial charge in [-0.25, -0.2) is 14.4 Å². The van der Waals surface area contributed by atoms with Crippen LogP contribution in [0, 0.1) is 0 Å². The van der Waals surface area contributed by atoms with Gasteiger partial charge in [0.2, 0.25) is 0 Å². The van der Waals surface area contributed by atoms with Gasteiger partial charge in [0.25, 0.3) is 0 Å². The molecule has 0 aliphatic carbocycles. The molecule has 1 aliphatic rings. The largest absolute Gasteiger partial charge is 0.491 e. The van der Waals surface area contributed by atoms with Gasteiger partial charge in [0.1, 0.15) is 6.61 Å². The molecule has 1 heterocycles. The van der Waals surface area contributed by atoms with E-state index in [-0.39, 0.29) is 6.61 Å². The average Bonchev–Trinajstić information content (AvgIpc) is 2.90. The third kappa shape index (κ3) is 5.69. The lowest BCUT2D eigenvalue weighted by atomic mass is 10.1. The van der Waals surface area contributed by atoms with Gasteiger partial charge in [0.05, 0.1) is 23.0 Å². The summed E-state index contributed by atoms with van der Waals surface area (Å²) in [5.41, 5.74) is 1.05. The third-order valence-electron chi connectivity index (χ3n) is 5.11. The molecule has 0 aromatic heterocycles. The predicted octanol–water partition coefficient (Wildman–Crippen LogP) is 4.21. The fourth-order valence-electron chi connectivity index (χ4n) is 3.35. The van der Waals surface area contributed by atoms with Crippen LogP contribution in [0.5, 0.6) is 0 Å². The summed E-state index contributed by atoms with van der Waals surface area (Å²) in [5, 5.41) is 0. The molecule has 0 radical (unpaired) electrons. The zero-order chi connectivity index (χ0) is 23.8. The van der Waals surface area contributed by atoms with Crippen LogP contribution >= 0.6 is 0 Å². The van der Waals surface area contributed by atoms with Gasteiger partial charge in [-0.1, -0.05) is 54.6 Å². The zero-order valence-corrected chi connectivity index (χ0v) is 18.1. The van der Waals surface area contributed by atoms with Crippen molar-refractivity contribution in [1.82, 2.24) is 0 Å². The van der Waals surface area contributed by atoms with E-state index in [9.17, 15) is 14.4 Å². The smallest absolute Gasteiger partial charge is 0.338 e. The molecule has 0 fully saturated rings. The van der Waals surface area contributed by atoms with Crippen LogP contribution in [0.4, 0.5) is 0 Å². The Morgan fingerprint density at radius 3 is 1.65 bits per heavy atom. The maximum absolute atomic E-state index is 12.8. The van der Waals surface area contributed by atoms with Crippen LogP contribution in [0.3, 0.4) is 0 Å². The lowest BCUT2D eigenvalue weighted by Gasteiger charge is -2.33. The van der Waals surface area contributed by atoms with E-state index in [1.165, 1.54) is 12.3 Å². The quantitative estimate of drug-likeness (QED) is 0.387. The zero-order valence-electron chi connectivity index (χ0n) is 18.1. The second-order valence-electron chi connectivity index (χ2n) is 7.44. The van der Waals surface area contributed by atoms with Crippen molar-refractivity contribution in [2.24, 2.45) is 0 Å². The Hall–Kier alpha value is -4.39. The highest BCUT2D eigenvalue weighted by Gasteiger charge is 2.39. The van der Waals surface area contributed by atoms with Crippen molar-refractivity contribution >= 4 is 17.9 Å². The highest BCUT2D eigenvalue weighted by atomic mass is 16.6. The number of hydrogen-bond donors (Lipinski definition) is 0. The molecular formula is C27H22O7. The van der Waals surface area contributed by atoms with E-state index in [1.54, 1.807) is 91.0 Å². The molecule has 7 nitrogen and oxygen atoms in total. The average molecular weight is 458 g/mol. The first kappa shape index (κ1) is 22.8. The second-order valence-corrected chi connectivity index (χ2v) is 7.44. The Morgan fingerprint density at radius 1 is 0.647 bits per heavy atom. The number of benzene rings is 3. The fourth-order valence-corrected chi connectivity index (χ4v) is 3.35. The molecule has 0 amide bonds. The molecule has 3 aromatic rings. The number of esters is 3. The van der Waals surface area contributed by atoms with Crippen molar-refractivity contribution in [1.29, 1.82) is 0 Å². The topological polar surface area (TPSA) is 88.1 Å². The Bertz CT molecular complexity index is 1140. The molecule has 0 saturated heterocycles. The summed E-state index contributed by atoms with van der Waals surface area (Å²) in [6.07, 6.45) is -0.0572. The van der Waals surface area contributed by atoms with E-state index in [2.05, 4.69) is 0 Å². The van der Waals surface area contributed by atoms with E-state index in [0.717, 1.165) is 0 Å². The summed E-state index contributed by atoms with van der Waals surface area (Å²) >= 11 is 0. The number of carbonyl (C=O) groups is 3. The number of carbonyl (C=O) groups excluding carboxylic acids is 3. The number of rotatable bonds is 7.